The van der Waals surface area contributed by atoms with Crippen LogP contribution in [-0.2, 0) is 4.79 Å². The molecule has 1 amide bonds. The van der Waals surface area contributed by atoms with Crippen molar-refractivity contribution in [3.05, 3.63) is 0 Å². The van der Waals surface area contributed by atoms with Gasteiger partial charge in [0.2, 0.25) is 5.91 Å². The lowest BCUT2D eigenvalue weighted by Gasteiger charge is -2.30. The zero-order valence-corrected chi connectivity index (χ0v) is 13.0. The van der Waals surface area contributed by atoms with Crippen molar-refractivity contribution >= 4 is 5.91 Å². The lowest BCUT2D eigenvalue weighted by Crippen LogP contribution is -2.45. The van der Waals surface area contributed by atoms with Gasteiger partial charge in [-0.1, -0.05) is 40.0 Å². The van der Waals surface area contributed by atoms with E-state index in [9.17, 15) is 4.79 Å². The maximum atomic E-state index is 12.7. The molecule has 1 aliphatic heterocycles. The van der Waals surface area contributed by atoms with Gasteiger partial charge in [0, 0.05) is 6.54 Å². The second-order valence-corrected chi connectivity index (χ2v) is 6.79. The number of rotatable bonds is 5. The van der Waals surface area contributed by atoms with Crippen LogP contribution in [0.3, 0.4) is 0 Å². The van der Waals surface area contributed by atoms with E-state index in [0.29, 0.717) is 17.7 Å². The van der Waals surface area contributed by atoms with E-state index >= 15 is 0 Å². The smallest absolute Gasteiger partial charge is 0.243 e. The normalized spacial score (nSPS) is 34.2. The molecule has 110 valence electrons. The van der Waals surface area contributed by atoms with Gasteiger partial charge in [-0.3, -0.25) is 10.1 Å². The van der Waals surface area contributed by atoms with Gasteiger partial charge in [-0.15, -0.1) is 0 Å². The Morgan fingerprint density at radius 3 is 2.53 bits per heavy atom. The molecule has 1 heterocycles. The average molecular weight is 266 g/mol. The third-order valence-electron chi connectivity index (χ3n) is 5.29. The van der Waals surface area contributed by atoms with E-state index in [-0.39, 0.29) is 11.7 Å². The van der Waals surface area contributed by atoms with Crippen LogP contribution in [-0.4, -0.2) is 29.1 Å². The monoisotopic (exact) mass is 266 g/mol. The Labute approximate surface area is 118 Å². The lowest BCUT2D eigenvalue weighted by atomic mass is 9.99. The zero-order valence-electron chi connectivity index (χ0n) is 13.0. The third-order valence-corrected chi connectivity index (χ3v) is 5.29. The first-order valence-electron chi connectivity index (χ1n) is 8.10. The van der Waals surface area contributed by atoms with Gasteiger partial charge in [-0.25, -0.2) is 0 Å². The van der Waals surface area contributed by atoms with E-state index in [2.05, 4.69) is 37.9 Å². The van der Waals surface area contributed by atoms with Gasteiger partial charge in [0.05, 0.1) is 11.7 Å². The topological polar surface area (TPSA) is 32.3 Å². The Morgan fingerprint density at radius 2 is 2.00 bits per heavy atom. The molecule has 0 spiro atoms. The van der Waals surface area contributed by atoms with Crippen molar-refractivity contribution in [2.24, 2.45) is 11.8 Å². The SMILES string of the molecule is CCC(C)CN1C(=O)C(C)(CC)NC1C1CCCC1. The Balaban J connectivity index is 2.15. The molecule has 3 heteroatoms. The maximum Gasteiger partial charge on any atom is 0.243 e. The predicted octanol–water partition coefficient (Wildman–Crippen LogP) is 3.15. The molecule has 2 rings (SSSR count). The summed E-state index contributed by atoms with van der Waals surface area (Å²) in [4.78, 5) is 14.9. The standard InChI is InChI=1S/C16H30N2O/c1-5-12(3)11-18-14(13-9-7-8-10-13)17-16(4,6-2)15(18)19/h12-14,17H,5-11H2,1-4H3. The molecule has 3 nitrogen and oxygen atoms in total. The minimum Gasteiger partial charge on any atom is -0.325 e. The summed E-state index contributed by atoms with van der Waals surface area (Å²) >= 11 is 0. The van der Waals surface area contributed by atoms with Crippen molar-refractivity contribution in [2.75, 3.05) is 6.54 Å². The molecule has 19 heavy (non-hydrogen) atoms. The summed E-state index contributed by atoms with van der Waals surface area (Å²) in [6.45, 7) is 9.57. The number of nitrogens with one attached hydrogen (secondary N) is 1. The summed E-state index contributed by atoms with van der Waals surface area (Å²) in [7, 11) is 0. The first-order valence-corrected chi connectivity index (χ1v) is 8.10. The molecule has 1 N–H and O–H groups in total. The highest BCUT2D eigenvalue weighted by Crippen LogP contribution is 2.35. The molecule has 0 aromatic heterocycles. The molecule has 0 radical (unpaired) electrons. The molecule has 2 aliphatic rings. The fourth-order valence-corrected chi connectivity index (χ4v) is 3.47. The molecular weight excluding hydrogens is 236 g/mol. The molecule has 1 aliphatic carbocycles. The predicted molar refractivity (Wildman–Crippen MR) is 78.7 cm³/mol. The lowest BCUT2D eigenvalue weighted by molar-refractivity contribution is -0.134. The van der Waals surface area contributed by atoms with Gasteiger partial charge in [0.1, 0.15) is 0 Å². The van der Waals surface area contributed by atoms with E-state index in [1.54, 1.807) is 0 Å². The number of amides is 1. The van der Waals surface area contributed by atoms with Gasteiger partial charge in [0.25, 0.3) is 0 Å². The Morgan fingerprint density at radius 1 is 1.37 bits per heavy atom. The highest BCUT2D eigenvalue weighted by molar-refractivity contribution is 5.88. The van der Waals surface area contributed by atoms with Gasteiger partial charge in [-0.2, -0.15) is 0 Å². The number of hydrogen-bond donors (Lipinski definition) is 1. The average Bonchev–Trinajstić information content (AvgIpc) is 3.01. The van der Waals surface area contributed by atoms with Crippen molar-refractivity contribution < 1.29 is 4.79 Å². The van der Waals surface area contributed by atoms with E-state index in [1.165, 1.54) is 25.7 Å². The molecular formula is C16H30N2O. The van der Waals surface area contributed by atoms with Gasteiger partial charge in [0.15, 0.2) is 0 Å². The minimum atomic E-state index is -0.333. The van der Waals surface area contributed by atoms with Gasteiger partial charge >= 0.3 is 0 Å². The van der Waals surface area contributed by atoms with Crippen LogP contribution in [0.2, 0.25) is 0 Å². The molecule has 0 aromatic rings. The van der Waals surface area contributed by atoms with Crippen molar-refractivity contribution in [2.45, 2.75) is 77.9 Å². The van der Waals surface area contributed by atoms with E-state index < -0.39 is 0 Å². The number of nitrogens with zero attached hydrogens (tertiary/aromatic N) is 1. The van der Waals surface area contributed by atoms with Crippen LogP contribution in [0.25, 0.3) is 0 Å². The van der Waals surface area contributed by atoms with Crippen LogP contribution in [0.1, 0.15) is 66.2 Å². The fourth-order valence-electron chi connectivity index (χ4n) is 3.47. The van der Waals surface area contributed by atoms with Crippen LogP contribution in [0.5, 0.6) is 0 Å². The second-order valence-electron chi connectivity index (χ2n) is 6.79. The van der Waals surface area contributed by atoms with Crippen LogP contribution in [0.4, 0.5) is 0 Å². The van der Waals surface area contributed by atoms with Crippen LogP contribution >= 0.6 is 0 Å². The molecule has 3 unspecified atom stereocenters. The van der Waals surface area contributed by atoms with Crippen LogP contribution in [0.15, 0.2) is 0 Å². The van der Waals surface area contributed by atoms with E-state index in [1.807, 2.05) is 0 Å². The zero-order chi connectivity index (χ0) is 14.0. The Bertz CT molecular complexity index is 325. The van der Waals surface area contributed by atoms with Crippen LogP contribution < -0.4 is 5.32 Å². The molecule has 3 atom stereocenters. The number of carbonyl (C=O) groups excluding carboxylic acids is 1. The molecule has 0 bridgehead atoms. The summed E-state index contributed by atoms with van der Waals surface area (Å²) in [5.41, 5.74) is -0.333. The molecule has 2 fully saturated rings. The molecule has 1 saturated carbocycles. The quantitative estimate of drug-likeness (QED) is 0.829. The highest BCUT2D eigenvalue weighted by atomic mass is 16.2. The minimum absolute atomic E-state index is 0.286. The Hall–Kier alpha value is -0.570. The summed E-state index contributed by atoms with van der Waals surface area (Å²) < 4.78 is 0. The Kier molecular flexibility index (Phi) is 4.54. The van der Waals surface area contributed by atoms with E-state index in [4.69, 9.17) is 0 Å². The molecule has 0 aromatic carbocycles. The summed E-state index contributed by atoms with van der Waals surface area (Å²) in [5.74, 6) is 1.59. The summed E-state index contributed by atoms with van der Waals surface area (Å²) in [6, 6.07) is 0. The van der Waals surface area contributed by atoms with Crippen molar-refractivity contribution in [1.29, 1.82) is 0 Å². The molecule has 1 saturated heterocycles. The summed E-state index contributed by atoms with van der Waals surface area (Å²) in [5, 5.41) is 3.66. The third kappa shape index (κ3) is 2.81. The largest absolute Gasteiger partial charge is 0.325 e. The number of carbonyl (C=O) groups is 1. The van der Waals surface area contributed by atoms with Crippen LogP contribution in [0, 0.1) is 11.8 Å². The van der Waals surface area contributed by atoms with Crippen molar-refractivity contribution in [1.82, 2.24) is 10.2 Å². The van der Waals surface area contributed by atoms with Crippen molar-refractivity contribution in [3.8, 4) is 0 Å². The second kappa shape index (κ2) is 5.82. The highest BCUT2D eigenvalue weighted by Gasteiger charge is 2.49. The number of hydrogen-bond acceptors (Lipinski definition) is 2. The first kappa shape index (κ1) is 14.8. The van der Waals surface area contributed by atoms with Crippen molar-refractivity contribution in [3.63, 3.8) is 0 Å². The summed E-state index contributed by atoms with van der Waals surface area (Å²) in [6.07, 6.45) is 7.53. The van der Waals surface area contributed by atoms with E-state index in [0.717, 1.165) is 19.4 Å². The first-order chi connectivity index (χ1) is 9.01. The fraction of sp³-hybridized carbons (Fsp3) is 0.938. The maximum absolute atomic E-state index is 12.7. The van der Waals surface area contributed by atoms with Gasteiger partial charge in [-0.05, 0) is 38.0 Å². The van der Waals surface area contributed by atoms with Gasteiger partial charge < -0.3 is 4.90 Å².